The number of aryl methyl sites for hydroxylation is 1. The van der Waals surface area contributed by atoms with Gasteiger partial charge >= 0.3 is 5.97 Å². The Hall–Kier alpha value is -2.94. The molecule has 9 nitrogen and oxygen atoms in total. The van der Waals surface area contributed by atoms with Crippen LogP contribution in [0.5, 0.6) is 0 Å². The maximum Gasteiger partial charge on any atom is 0.334 e. The molecule has 1 aliphatic heterocycles. The van der Waals surface area contributed by atoms with Crippen LogP contribution in [0, 0.1) is 0 Å². The number of carbonyl (C=O) groups is 2. The van der Waals surface area contributed by atoms with E-state index >= 15 is 0 Å². The topological polar surface area (TPSA) is 122 Å². The lowest BCUT2D eigenvalue weighted by Crippen LogP contribution is -2.48. The van der Waals surface area contributed by atoms with E-state index in [1.807, 2.05) is 0 Å². The molecule has 132 valence electrons. The van der Waals surface area contributed by atoms with Crippen molar-refractivity contribution in [1.82, 2.24) is 14.7 Å². The number of carboxylic acid groups (broad SMARTS) is 1. The van der Waals surface area contributed by atoms with E-state index in [2.05, 4.69) is 5.10 Å². The standard InChI is InChI=1S/C16H17N3O6/c20-13(18-7-8-25-12(9-18)16(23)24)5-6-19-15(22)11-4-2-1-3-10(11)14(21)17-19/h1-4,12H,5-9H2,(H,17,21)(H,23,24). The number of morpholine rings is 1. The maximum absolute atomic E-state index is 12.4. The predicted molar refractivity (Wildman–Crippen MR) is 87.4 cm³/mol. The van der Waals surface area contributed by atoms with Gasteiger partial charge in [0.25, 0.3) is 11.1 Å². The highest BCUT2D eigenvalue weighted by atomic mass is 16.5. The first kappa shape index (κ1) is 16.9. The zero-order valence-electron chi connectivity index (χ0n) is 13.3. The first-order chi connectivity index (χ1) is 12.0. The minimum Gasteiger partial charge on any atom is -0.479 e. The van der Waals surface area contributed by atoms with Gasteiger partial charge in [-0.05, 0) is 12.1 Å². The lowest BCUT2D eigenvalue weighted by molar-refractivity contribution is -0.159. The van der Waals surface area contributed by atoms with Crippen LogP contribution >= 0.6 is 0 Å². The average Bonchev–Trinajstić information content (AvgIpc) is 2.63. The van der Waals surface area contributed by atoms with Crippen LogP contribution in [-0.4, -0.2) is 57.5 Å². The molecule has 9 heteroatoms. The molecule has 2 N–H and O–H groups in total. The summed E-state index contributed by atoms with van der Waals surface area (Å²) in [6.45, 7) is 0.422. The molecule has 1 saturated heterocycles. The molecule has 2 heterocycles. The summed E-state index contributed by atoms with van der Waals surface area (Å²) in [4.78, 5) is 49.0. The van der Waals surface area contributed by atoms with Crippen molar-refractivity contribution in [3.05, 3.63) is 45.0 Å². The van der Waals surface area contributed by atoms with Gasteiger partial charge in [0, 0.05) is 13.0 Å². The van der Waals surface area contributed by atoms with Crippen LogP contribution in [-0.2, 0) is 20.9 Å². The molecule has 0 radical (unpaired) electrons. The van der Waals surface area contributed by atoms with Gasteiger partial charge in [-0.2, -0.15) is 0 Å². The monoisotopic (exact) mass is 347 g/mol. The van der Waals surface area contributed by atoms with E-state index in [1.54, 1.807) is 24.3 Å². The summed E-state index contributed by atoms with van der Waals surface area (Å²) < 4.78 is 6.18. The normalized spacial score (nSPS) is 17.6. The number of nitrogens with one attached hydrogen (secondary N) is 1. The number of carbonyl (C=O) groups excluding carboxylic acids is 1. The van der Waals surface area contributed by atoms with E-state index in [1.165, 1.54) is 4.90 Å². The van der Waals surface area contributed by atoms with Crippen LogP contribution in [0.4, 0.5) is 0 Å². The fourth-order valence-corrected chi connectivity index (χ4v) is 2.79. The van der Waals surface area contributed by atoms with Crippen LogP contribution in [0.1, 0.15) is 6.42 Å². The molecule has 0 aliphatic carbocycles. The third-order valence-corrected chi connectivity index (χ3v) is 4.13. The number of aromatic amines is 1. The molecular weight excluding hydrogens is 330 g/mol. The number of hydrogen-bond acceptors (Lipinski definition) is 5. The summed E-state index contributed by atoms with van der Waals surface area (Å²) in [5.74, 6) is -1.41. The fourth-order valence-electron chi connectivity index (χ4n) is 2.79. The van der Waals surface area contributed by atoms with Gasteiger partial charge in [0.15, 0.2) is 6.10 Å². The van der Waals surface area contributed by atoms with Gasteiger partial charge < -0.3 is 14.7 Å². The number of H-pyrrole nitrogens is 1. The van der Waals surface area contributed by atoms with Gasteiger partial charge in [0.2, 0.25) is 5.91 Å². The zero-order chi connectivity index (χ0) is 18.0. The molecule has 0 spiro atoms. The first-order valence-electron chi connectivity index (χ1n) is 7.81. The summed E-state index contributed by atoms with van der Waals surface area (Å²) in [5.41, 5.74) is -0.784. The highest BCUT2D eigenvalue weighted by molar-refractivity contribution is 5.80. The van der Waals surface area contributed by atoms with Crippen molar-refractivity contribution in [1.29, 1.82) is 0 Å². The summed E-state index contributed by atoms with van der Waals surface area (Å²) in [6, 6.07) is 6.45. The molecule has 0 saturated carbocycles. The third-order valence-electron chi connectivity index (χ3n) is 4.13. The maximum atomic E-state index is 12.4. The van der Waals surface area contributed by atoms with Crippen molar-refractivity contribution in [2.75, 3.05) is 19.7 Å². The minimum atomic E-state index is -1.12. The number of aliphatic carboxylic acids is 1. The number of amides is 1. The molecule has 1 amide bonds. The Kier molecular flexibility index (Phi) is 4.66. The van der Waals surface area contributed by atoms with Crippen molar-refractivity contribution in [3.63, 3.8) is 0 Å². The van der Waals surface area contributed by atoms with Crippen LogP contribution in [0.3, 0.4) is 0 Å². The lowest BCUT2D eigenvalue weighted by Gasteiger charge is -2.30. The SMILES string of the molecule is O=C(O)C1CN(C(=O)CCn2[nH]c(=O)c3ccccc3c2=O)CCO1. The van der Waals surface area contributed by atoms with Gasteiger partial charge in [-0.1, -0.05) is 12.1 Å². The van der Waals surface area contributed by atoms with Crippen molar-refractivity contribution >= 4 is 22.6 Å². The number of carboxylic acids is 1. The predicted octanol–water partition coefficient (Wildman–Crippen LogP) is -0.608. The molecule has 3 rings (SSSR count). The van der Waals surface area contributed by atoms with Crippen molar-refractivity contribution in [2.24, 2.45) is 0 Å². The molecule has 1 aromatic carbocycles. The molecule has 0 bridgehead atoms. The molecule has 25 heavy (non-hydrogen) atoms. The number of hydrogen-bond donors (Lipinski definition) is 2. The molecule has 1 atom stereocenters. The number of nitrogens with zero attached hydrogens (tertiary/aromatic N) is 2. The third kappa shape index (κ3) is 3.45. The number of aromatic nitrogens is 2. The largest absolute Gasteiger partial charge is 0.479 e. The van der Waals surface area contributed by atoms with Crippen molar-refractivity contribution < 1.29 is 19.4 Å². The quantitative estimate of drug-likeness (QED) is 0.761. The van der Waals surface area contributed by atoms with E-state index in [0.717, 1.165) is 4.68 Å². The Bertz CT molecular complexity index is 931. The Balaban J connectivity index is 1.73. The smallest absolute Gasteiger partial charge is 0.334 e. The van der Waals surface area contributed by atoms with Crippen LogP contribution < -0.4 is 11.1 Å². The Labute approximate surface area is 141 Å². The molecule has 1 aliphatic rings. The second-order valence-electron chi connectivity index (χ2n) is 5.73. The number of ether oxygens (including phenoxy) is 1. The van der Waals surface area contributed by atoms with Crippen LogP contribution in [0.2, 0.25) is 0 Å². The van der Waals surface area contributed by atoms with E-state index < -0.39 is 17.6 Å². The molecular formula is C16H17N3O6. The van der Waals surface area contributed by atoms with E-state index in [9.17, 15) is 19.2 Å². The van der Waals surface area contributed by atoms with Crippen LogP contribution in [0.15, 0.2) is 33.9 Å². The summed E-state index contributed by atoms with van der Waals surface area (Å²) in [6.07, 6.45) is -1.07. The van der Waals surface area contributed by atoms with Crippen LogP contribution in [0.25, 0.3) is 10.8 Å². The second-order valence-corrected chi connectivity index (χ2v) is 5.73. The van der Waals surface area contributed by atoms with E-state index in [-0.39, 0.29) is 43.0 Å². The average molecular weight is 347 g/mol. The van der Waals surface area contributed by atoms with Gasteiger partial charge in [0.05, 0.1) is 30.5 Å². The number of fused-ring (bicyclic) bond motifs is 1. The first-order valence-corrected chi connectivity index (χ1v) is 7.81. The van der Waals surface area contributed by atoms with Gasteiger partial charge in [-0.25, -0.2) is 9.48 Å². The summed E-state index contributed by atoms with van der Waals surface area (Å²) in [5, 5.41) is 12.0. The van der Waals surface area contributed by atoms with E-state index in [4.69, 9.17) is 9.84 Å². The minimum absolute atomic E-state index is 0.00678. The van der Waals surface area contributed by atoms with E-state index in [0.29, 0.717) is 11.9 Å². The number of benzene rings is 1. The fraction of sp³-hybridized carbons (Fsp3) is 0.375. The highest BCUT2D eigenvalue weighted by Gasteiger charge is 2.28. The molecule has 2 aromatic rings. The molecule has 1 unspecified atom stereocenters. The molecule has 1 fully saturated rings. The Morgan fingerprint density at radius 1 is 1.24 bits per heavy atom. The second kappa shape index (κ2) is 6.89. The van der Waals surface area contributed by atoms with Gasteiger partial charge in [-0.15, -0.1) is 0 Å². The molecule has 1 aromatic heterocycles. The van der Waals surface area contributed by atoms with Crippen molar-refractivity contribution in [3.8, 4) is 0 Å². The van der Waals surface area contributed by atoms with Gasteiger partial charge in [0.1, 0.15) is 0 Å². The summed E-state index contributed by atoms with van der Waals surface area (Å²) >= 11 is 0. The Morgan fingerprint density at radius 2 is 1.96 bits per heavy atom. The lowest BCUT2D eigenvalue weighted by atomic mass is 10.2. The number of rotatable bonds is 4. The zero-order valence-corrected chi connectivity index (χ0v) is 13.3. The van der Waals surface area contributed by atoms with Gasteiger partial charge in [-0.3, -0.25) is 19.5 Å². The Morgan fingerprint density at radius 3 is 2.68 bits per heavy atom. The highest BCUT2D eigenvalue weighted by Crippen LogP contribution is 2.08. The summed E-state index contributed by atoms with van der Waals surface area (Å²) in [7, 11) is 0. The van der Waals surface area contributed by atoms with Crippen molar-refractivity contribution in [2.45, 2.75) is 19.1 Å².